The number of morpholine rings is 1. The van der Waals surface area contributed by atoms with Crippen LogP contribution in [0.2, 0.25) is 0 Å². The molecule has 0 amide bonds. The van der Waals surface area contributed by atoms with Crippen LogP contribution in [0.5, 0.6) is 0 Å². The van der Waals surface area contributed by atoms with Crippen LogP contribution in [0.1, 0.15) is 33.1 Å². The Morgan fingerprint density at radius 1 is 1.11 bits per heavy atom. The van der Waals surface area contributed by atoms with Crippen LogP contribution in [0.25, 0.3) is 0 Å². The van der Waals surface area contributed by atoms with Gasteiger partial charge in [0.1, 0.15) is 0 Å². The fourth-order valence-electron chi connectivity index (χ4n) is 4.14. The molecule has 0 aromatic heterocycles. The van der Waals surface area contributed by atoms with Crippen LogP contribution in [0.15, 0.2) is 11.0 Å². The molecular formula is C18H37N3O4P2S. The molecule has 0 aromatic rings. The Bertz CT molecular complexity index is 629. The van der Waals surface area contributed by atoms with Crippen molar-refractivity contribution < 1.29 is 18.3 Å². The van der Waals surface area contributed by atoms with E-state index in [1.54, 1.807) is 0 Å². The monoisotopic (exact) mass is 453 g/mol. The number of allylic oxidation sites excluding steroid dienone is 2. The third-order valence-electron chi connectivity index (χ3n) is 5.29. The van der Waals surface area contributed by atoms with Crippen molar-refractivity contribution in [3.63, 3.8) is 0 Å². The van der Waals surface area contributed by atoms with E-state index in [0.29, 0.717) is 26.4 Å². The van der Waals surface area contributed by atoms with Crippen LogP contribution in [-0.4, -0.2) is 87.6 Å². The molecule has 1 atom stereocenters. The summed E-state index contributed by atoms with van der Waals surface area (Å²) in [5.41, 5.74) is 1.07. The number of hydrogen-bond acceptors (Lipinski definition) is 6. The van der Waals surface area contributed by atoms with Gasteiger partial charge in [0.25, 0.3) is 0 Å². The van der Waals surface area contributed by atoms with Crippen molar-refractivity contribution in [3.05, 3.63) is 11.0 Å². The fraction of sp³-hybridized carbons (Fsp3) is 0.889. The van der Waals surface area contributed by atoms with E-state index in [0.717, 1.165) is 43.4 Å². The average Bonchev–Trinajstić information content (AvgIpc) is 2.67. The predicted octanol–water partition coefficient (Wildman–Crippen LogP) is 3.78. The summed E-state index contributed by atoms with van der Waals surface area (Å²) in [6.45, 7) is 5.34. The first-order chi connectivity index (χ1) is 13.2. The summed E-state index contributed by atoms with van der Waals surface area (Å²) >= 11 is 6.03. The minimum Gasteiger partial charge on any atom is -0.378 e. The van der Waals surface area contributed by atoms with E-state index in [1.165, 1.54) is 0 Å². The zero-order valence-corrected chi connectivity index (χ0v) is 20.8. The molecule has 0 saturated carbocycles. The van der Waals surface area contributed by atoms with Crippen LogP contribution >= 0.6 is 13.9 Å². The zero-order valence-electron chi connectivity index (χ0n) is 18.2. The van der Waals surface area contributed by atoms with Crippen molar-refractivity contribution in [2.24, 2.45) is 0 Å². The number of ether oxygens (including phenoxy) is 1. The summed E-state index contributed by atoms with van der Waals surface area (Å²) in [7, 11) is 4.71. The molecule has 1 saturated heterocycles. The van der Waals surface area contributed by atoms with Gasteiger partial charge < -0.3 is 18.7 Å². The van der Waals surface area contributed by atoms with E-state index in [-0.39, 0.29) is 5.66 Å². The number of rotatable bonds is 9. The third-order valence-corrected chi connectivity index (χ3v) is 12.5. The lowest BCUT2D eigenvalue weighted by Crippen LogP contribution is -2.42. The molecule has 1 heterocycles. The molecule has 2 aliphatic rings. The molecule has 1 aliphatic heterocycles. The Kier molecular flexibility index (Phi) is 9.18. The van der Waals surface area contributed by atoms with E-state index in [4.69, 9.17) is 25.6 Å². The van der Waals surface area contributed by atoms with Crippen molar-refractivity contribution in [2.45, 2.75) is 38.8 Å². The number of hydrogen-bond donors (Lipinski definition) is 0. The van der Waals surface area contributed by atoms with Crippen molar-refractivity contribution in [1.82, 2.24) is 14.2 Å². The molecule has 1 unspecified atom stereocenters. The normalized spacial score (nSPS) is 22.4. The highest BCUT2D eigenvalue weighted by molar-refractivity contribution is 8.10. The Hall–Kier alpha value is 0.220. The molecule has 164 valence electrons. The van der Waals surface area contributed by atoms with E-state index >= 15 is 0 Å². The Morgan fingerprint density at radius 2 is 1.64 bits per heavy atom. The second kappa shape index (κ2) is 10.5. The maximum Gasteiger partial charge on any atom is 0.242 e. The van der Waals surface area contributed by atoms with Gasteiger partial charge in [-0.1, -0.05) is 0 Å². The summed E-state index contributed by atoms with van der Waals surface area (Å²) < 4.78 is 35.8. The zero-order chi connectivity index (χ0) is 20.9. The van der Waals surface area contributed by atoms with Gasteiger partial charge in [0.2, 0.25) is 7.44 Å². The molecule has 2 rings (SSSR count). The van der Waals surface area contributed by atoms with E-state index in [1.807, 2.05) is 51.4 Å². The molecular weight excluding hydrogens is 416 g/mol. The quantitative estimate of drug-likeness (QED) is 0.489. The maximum atomic E-state index is 14.2. The first-order valence-electron chi connectivity index (χ1n) is 10.1. The van der Waals surface area contributed by atoms with E-state index < -0.39 is 13.9 Å². The van der Waals surface area contributed by atoms with Crippen LogP contribution in [0.3, 0.4) is 0 Å². The minimum absolute atomic E-state index is 0.0301. The van der Waals surface area contributed by atoms with Gasteiger partial charge in [-0.05, 0) is 73.1 Å². The smallest absolute Gasteiger partial charge is 0.242 e. The van der Waals surface area contributed by atoms with E-state index in [9.17, 15) is 4.57 Å². The standard InChI is InChI=1S/C18H37N3O4P2S/c1-7-24-27(28,25-8-2)17-11-9-10-16(26(22,19(3)4)20(5)6)18(17)21-12-14-23-15-13-21/h17H,7-15H2,1-6H3. The van der Waals surface area contributed by atoms with Crippen molar-refractivity contribution in [1.29, 1.82) is 0 Å². The minimum atomic E-state index is -2.88. The summed E-state index contributed by atoms with van der Waals surface area (Å²) in [6, 6.07) is 0. The van der Waals surface area contributed by atoms with Gasteiger partial charge in [-0.15, -0.1) is 0 Å². The van der Waals surface area contributed by atoms with Crippen molar-refractivity contribution in [2.75, 3.05) is 67.7 Å². The summed E-state index contributed by atoms with van der Waals surface area (Å²) in [4.78, 5) is 2.33. The lowest BCUT2D eigenvalue weighted by molar-refractivity contribution is 0.0506. The first-order valence-corrected chi connectivity index (χ1v) is 14.4. The molecule has 28 heavy (non-hydrogen) atoms. The van der Waals surface area contributed by atoms with Gasteiger partial charge >= 0.3 is 0 Å². The Balaban J connectivity index is 2.67. The van der Waals surface area contributed by atoms with Crippen LogP contribution in [-0.2, 0) is 30.2 Å². The lowest BCUT2D eigenvalue weighted by atomic mass is 10.0. The summed E-state index contributed by atoms with van der Waals surface area (Å²) in [5, 5.41) is 1.01. The number of nitrogens with zero attached hydrogens (tertiary/aromatic N) is 3. The first kappa shape index (κ1) is 24.5. The van der Waals surface area contributed by atoms with Crippen LogP contribution < -0.4 is 0 Å². The van der Waals surface area contributed by atoms with Gasteiger partial charge in [-0.2, -0.15) is 0 Å². The van der Waals surface area contributed by atoms with Gasteiger partial charge in [0.15, 0.2) is 6.49 Å². The molecule has 0 spiro atoms. The SMILES string of the molecule is CCOP(=S)(OCC)C1CCCC(P(=O)(N(C)C)N(C)C)=C1N1CCOCC1. The summed E-state index contributed by atoms with van der Waals surface area (Å²) in [5.74, 6) is 0. The van der Waals surface area contributed by atoms with Gasteiger partial charge in [-0.3, -0.25) is 4.57 Å². The fourth-order valence-corrected chi connectivity index (χ4v) is 10.5. The van der Waals surface area contributed by atoms with Crippen LogP contribution in [0, 0.1) is 0 Å². The second-order valence-electron chi connectivity index (χ2n) is 7.45. The molecule has 1 fully saturated rings. The Morgan fingerprint density at radius 3 is 2.11 bits per heavy atom. The molecule has 0 N–H and O–H groups in total. The third kappa shape index (κ3) is 4.92. The molecule has 0 bridgehead atoms. The summed E-state index contributed by atoms with van der Waals surface area (Å²) in [6.07, 6.45) is 2.66. The largest absolute Gasteiger partial charge is 0.378 e. The molecule has 7 nitrogen and oxygen atoms in total. The highest BCUT2D eigenvalue weighted by Gasteiger charge is 2.45. The lowest BCUT2D eigenvalue weighted by Gasteiger charge is -2.45. The van der Waals surface area contributed by atoms with Gasteiger partial charge in [0, 0.05) is 24.1 Å². The highest BCUT2D eigenvalue weighted by atomic mass is 32.5. The topological polar surface area (TPSA) is 54.5 Å². The second-order valence-corrected chi connectivity index (χ2v) is 14.4. The highest BCUT2D eigenvalue weighted by Crippen LogP contribution is 2.66. The van der Waals surface area contributed by atoms with Gasteiger partial charge in [-0.25, -0.2) is 9.34 Å². The molecule has 10 heteroatoms. The molecule has 0 aromatic carbocycles. The van der Waals surface area contributed by atoms with Crippen molar-refractivity contribution in [3.8, 4) is 0 Å². The maximum absolute atomic E-state index is 14.2. The average molecular weight is 454 g/mol. The van der Waals surface area contributed by atoms with E-state index in [2.05, 4.69) is 4.90 Å². The van der Waals surface area contributed by atoms with Gasteiger partial charge in [0.05, 0.1) is 32.1 Å². The van der Waals surface area contributed by atoms with Crippen molar-refractivity contribution >= 4 is 25.7 Å². The Labute approximate surface area is 176 Å². The van der Waals surface area contributed by atoms with Crippen LogP contribution in [0.4, 0.5) is 0 Å². The molecule has 0 radical (unpaired) electrons. The molecule has 1 aliphatic carbocycles. The predicted molar refractivity (Wildman–Crippen MR) is 120 cm³/mol.